The van der Waals surface area contributed by atoms with E-state index in [1.807, 2.05) is 9.80 Å². The molecule has 1 aliphatic carbocycles. The first-order valence-corrected chi connectivity index (χ1v) is 7.88. The number of carbonyl (C=O) groups is 1. The molecule has 0 spiro atoms. The number of hydrogen-bond acceptors (Lipinski definition) is 4. The van der Waals surface area contributed by atoms with E-state index in [0.29, 0.717) is 26.2 Å². The number of piperazine rings is 1. The predicted octanol–water partition coefficient (Wildman–Crippen LogP) is 2.33. The van der Waals surface area contributed by atoms with Crippen molar-refractivity contribution in [2.45, 2.75) is 31.9 Å². The van der Waals surface area contributed by atoms with Gasteiger partial charge in [-0.25, -0.2) is 9.97 Å². The van der Waals surface area contributed by atoms with Gasteiger partial charge >= 0.3 is 6.18 Å². The highest BCUT2D eigenvalue weighted by atomic mass is 19.4. The summed E-state index contributed by atoms with van der Waals surface area (Å²) in [4.78, 5) is 23.6. The lowest BCUT2D eigenvalue weighted by atomic mass is 10.1. The molecule has 1 aromatic heterocycles. The average Bonchev–Trinajstić information content (AvgIpc) is 3.08. The van der Waals surface area contributed by atoms with E-state index in [9.17, 15) is 18.0 Å². The number of carbonyl (C=O) groups excluding carboxylic acids is 1. The third-order valence-electron chi connectivity index (χ3n) is 4.54. The van der Waals surface area contributed by atoms with E-state index in [2.05, 4.69) is 9.97 Å². The minimum absolute atomic E-state index is 0.156. The molecule has 2 aliphatic rings. The highest BCUT2D eigenvalue weighted by Crippen LogP contribution is 2.29. The summed E-state index contributed by atoms with van der Waals surface area (Å²) in [5.41, 5.74) is -0.851. The number of halogens is 3. The van der Waals surface area contributed by atoms with Crippen molar-refractivity contribution in [3.63, 3.8) is 0 Å². The molecule has 0 aromatic carbocycles. The fourth-order valence-electron chi connectivity index (χ4n) is 3.19. The van der Waals surface area contributed by atoms with E-state index in [1.165, 1.54) is 0 Å². The second-order valence-electron chi connectivity index (χ2n) is 6.06. The average molecular weight is 328 g/mol. The molecule has 3 rings (SSSR count). The van der Waals surface area contributed by atoms with Gasteiger partial charge < -0.3 is 9.80 Å². The molecular formula is C15H19F3N4O. The van der Waals surface area contributed by atoms with Crippen LogP contribution in [0.2, 0.25) is 0 Å². The first-order valence-electron chi connectivity index (χ1n) is 7.88. The van der Waals surface area contributed by atoms with E-state index in [0.717, 1.165) is 38.1 Å². The summed E-state index contributed by atoms with van der Waals surface area (Å²) in [5, 5.41) is 0. The van der Waals surface area contributed by atoms with Crippen LogP contribution in [0.4, 0.5) is 19.1 Å². The molecule has 0 N–H and O–H groups in total. The van der Waals surface area contributed by atoms with Crippen LogP contribution < -0.4 is 4.90 Å². The minimum atomic E-state index is -4.43. The van der Waals surface area contributed by atoms with E-state index in [4.69, 9.17) is 0 Å². The normalized spacial score (nSPS) is 20.1. The van der Waals surface area contributed by atoms with Crippen LogP contribution in [0.3, 0.4) is 0 Å². The Balaban J connectivity index is 1.57. The van der Waals surface area contributed by atoms with Crippen LogP contribution in [0.25, 0.3) is 0 Å². The summed E-state index contributed by atoms with van der Waals surface area (Å²) >= 11 is 0. The van der Waals surface area contributed by atoms with Gasteiger partial charge in [-0.1, -0.05) is 12.8 Å². The molecule has 1 amide bonds. The van der Waals surface area contributed by atoms with Crippen LogP contribution in [0, 0.1) is 5.92 Å². The number of hydrogen-bond donors (Lipinski definition) is 0. The van der Waals surface area contributed by atoms with E-state index in [-0.39, 0.29) is 17.8 Å². The molecule has 8 heteroatoms. The molecular weight excluding hydrogens is 309 g/mol. The molecule has 0 bridgehead atoms. The Morgan fingerprint density at radius 3 is 2.13 bits per heavy atom. The largest absolute Gasteiger partial charge is 0.419 e. The Morgan fingerprint density at radius 1 is 1.04 bits per heavy atom. The zero-order chi connectivity index (χ0) is 16.4. The third-order valence-corrected chi connectivity index (χ3v) is 4.54. The lowest BCUT2D eigenvalue weighted by Gasteiger charge is -2.36. The molecule has 0 radical (unpaired) electrons. The van der Waals surface area contributed by atoms with Crippen LogP contribution in [0.1, 0.15) is 31.2 Å². The maximum Gasteiger partial charge on any atom is 0.419 e. The van der Waals surface area contributed by atoms with E-state index >= 15 is 0 Å². The SMILES string of the molecule is O=C(C1CCCC1)N1CCN(c2ncc(C(F)(F)F)cn2)CC1. The highest BCUT2D eigenvalue weighted by molar-refractivity contribution is 5.79. The van der Waals surface area contributed by atoms with Gasteiger partial charge in [0.1, 0.15) is 0 Å². The number of anilines is 1. The van der Waals surface area contributed by atoms with Crippen molar-refractivity contribution in [1.29, 1.82) is 0 Å². The minimum Gasteiger partial charge on any atom is -0.339 e. The molecule has 2 heterocycles. The Labute approximate surface area is 132 Å². The first-order chi connectivity index (χ1) is 10.9. The Morgan fingerprint density at radius 2 is 1.61 bits per heavy atom. The topological polar surface area (TPSA) is 49.3 Å². The maximum atomic E-state index is 12.5. The molecule has 2 fully saturated rings. The fourth-order valence-corrected chi connectivity index (χ4v) is 3.19. The molecule has 0 atom stereocenters. The van der Waals surface area contributed by atoms with Gasteiger partial charge in [0.15, 0.2) is 0 Å². The van der Waals surface area contributed by atoms with Crippen LogP contribution in [-0.2, 0) is 11.0 Å². The molecule has 1 saturated carbocycles. The Hall–Kier alpha value is -1.86. The zero-order valence-electron chi connectivity index (χ0n) is 12.7. The van der Waals surface area contributed by atoms with Gasteiger partial charge in [-0.05, 0) is 12.8 Å². The second-order valence-corrected chi connectivity index (χ2v) is 6.06. The maximum absolute atomic E-state index is 12.5. The van der Waals surface area contributed by atoms with Gasteiger partial charge in [0.05, 0.1) is 5.56 Å². The van der Waals surface area contributed by atoms with Crippen molar-refractivity contribution in [2.24, 2.45) is 5.92 Å². The summed E-state index contributed by atoms with van der Waals surface area (Å²) in [6.07, 6.45) is 1.37. The van der Waals surface area contributed by atoms with E-state index in [1.54, 1.807) is 0 Å². The quantitative estimate of drug-likeness (QED) is 0.836. The first kappa shape index (κ1) is 16.0. The zero-order valence-corrected chi connectivity index (χ0v) is 12.7. The Kier molecular flexibility index (Phi) is 4.41. The van der Waals surface area contributed by atoms with Gasteiger partial charge in [-0.15, -0.1) is 0 Å². The molecule has 23 heavy (non-hydrogen) atoms. The summed E-state index contributed by atoms with van der Waals surface area (Å²) in [5.74, 6) is 0.658. The monoisotopic (exact) mass is 328 g/mol. The van der Waals surface area contributed by atoms with Crippen molar-refractivity contribution in [3.8, 4) is 0 Å². The van der Waals surface area contributed by atoms with Gasteiger partial charge in [-0.3, -0.25) is 4.79 Å². The molecule has 1 aliphatic heterocycles. The summed E-state index contributed by atoms with van der Waals surface area (Å²) in [6, 6.07) is 0. The lowest BCUT2D eigenvalue weighted by Crippen LogP contribution is -2.50. The predicted molar refractivity (Wildman–Crippen MR) is 77.8 cm³/mol. The van der Waals surface area contributed by atoms with Gasteiger partial charge in [-0.2, -0.15) is 13.2 Å². The number of aromatic nitrogens is 2. The van der Waals surface area contributed by atoms with Crippen LogP contribution in [0.15, 0.2) is 12.4 Å². The van der Waals surface area contributed by atoms with Crippen LogP contribution in [0.5, 0.6) is 0 Å². The van der Waals surface area contributed by atoms with Crippen molar-refractivity contribution in [3.05, 3.63) is 18.0 Å². The van der Waals surface area contributed by atoms with Crippen molar-refractivity contribution >= 4 is 11.9 Å². The molecule has 5 nitrogen and oxygen atoms in total. The summed E-state index contributed by atoms with van der Waals surface area (Å²) < 4.78 is 37.5. The number of rotatable bonds is 2. The van der Waals surface area contributed by atoms with Gasteiger partial charge in [0.25, 0.3) is 0 Å². The van der Waals surface area contributed by atoms with Crippen LogP contribution >= 0.6 is 0 Å². The Bertz CT molecular complexity index is 547. The van der Waals surface area contributed by atoms with Crippen molar-refractivity contribution in [1.82, 2.24) is 14.9 Å². The summed E-state index contributed by atoms with van der Waals surface area (Å²) in [6.45, 7) is 2.23. The smallest absolute Gasteiger partial charge is 0.339 e. The number of nitrogens with zero attached hydrogens (tertiary/aromatic N) is 4. The van der Waals surface area contributed by atoms with Crippen LogP contribution in [-0.4, -0.2) is 47.0 Å². The molecule has 1 aromatic rings. The molecule has 126 valence electrons. The van der Waals surface area contributed by atoms with Gasteiger partial charge in [0, 0.05) is 44.5 Å². The molecule has 0 unspecified atom stereocenters. The third kappa shape index (κ3) is 3.56. The summed E-state index contributed by atoms with van der Waals surface area (Å²) in [7, 11) is 0. The highest BCUT2D eigenvalue weighted by Gasteiger charge is 2.32. The van der Waals surface area contributed by atoms with Gasteiger partial charge in [0.2, 0.25) is 11.9 Å². The van der Waals surface area contributed by atoms with Crippen molar-refractivity contribution < 1.29 is 18.0 Å². The number of alkyl halides is 3. The fraction of sp³-hybridized carbons (Fsp3) is 0.667. The van der Waals surface area contributed by atoms with Crippen molar-refractivity contribution in [2.75, 3.05) is 31.1 Å². The standard InChI is InChI=1S/C15H19F3N4O/c16-15(17,18)12-9-19-14(20-10-12)22-7-5-21(6-8-22)13(23)11-3-1-2-4-11/h9-11H,1-8H2. The molecule has 1 saturated heterocycles. The van der Waals surface area contributed by atoms with E-state index < -0.39 is 11.7 Å². The second kappa shape index (κ2) is 6.33. The number of amides is 1. The lowest BCUT2D eigenvalue weighted by molar-refractivity contribution is -0.138.